The zero-order valence-corrected chi connectivity index (χ0v) is 17.6. The van der Waals surface area contributed by atoms with E-state index in [4.69, 9.17) is 4.74 Å². The van der Waals surface area contributed by atoms with E-state index in [1.165, 1.54) is 21.3 Å². The maximum atomic E-state index is 13.0. The summed E-state index contributed by atoms with van der Waals surface area (Å²) in [5, 5.41) is 7.12. The van der Waals surface area contributed by atoms with E-state index in [0.717, 1.165) is 5.56 Å². The number of ether oxygens (including phenoxy) is 1. The lowest BCUT2D eigenvalue weighted by atomic mass is 10.1. The van der Waals surface area contributed by atoms with Crippen LogP contribution in [0, 0.1) is 0 Å². The van der Waals surface area contributed by atoms with Gasteiger partial charge in [0.2, 0.25) is 10.0 Å². The van der Waals surface area contributed by atoms with Crippen molar-refractivity contribution in [3.8, 4) is 0 Å². The van der Waals surface area contributed by atoms with E-state index < -0.39 is 22.0 Å². The highest BCUT2D eigenvalue weighted by Gasteiger charge is 2.29. The predicted molar refractivity (Wildman–Crippen MR) is 109 cm³/mol. The van der Waals surface area contributed by atoms with Gasteiger partial charge in [0.05, 0.1) is 11.5 Å². The van der Waals surface area contributed by atoms with Gasteiger partial charge >= 0.3 is 6.09 Å². The van der Waals surface area contributed by atoms with Crippen molar-refractivity contribution in [3.63, 3.8) is 0 Å². The monoisotopic (exact) mass is 437 g/mol. The molecule has 8 nitrogen and oxygen atoms in total. The number of amides is 2. The molecule has 1 aromatic heterocycles. The number of sulfonamides is 1. The van der Waals surface area contributed by atoms with E-state index in [1.54, 1.807) is 30.4 Å². The maximum Gasteiger partial charge on any atom is 0.407 e. The highest BCUT2D eigenvalue weighted by molar-refractivity contribution is 7.89. The van der Waals surface area contributed by atoms with Gasteiger partial charge in [-0.15, -0.1) is 11.3 Å². The van der Waals surface area contributed by atoms with Crippen LogP contribution in [0.15, 0.2) is 40.6 Å². The smallest absolute Gasteiger partial charge is 0.407 e. The third-order valence-corrected chi connectivity index (χ3v) is 7.33. The number of carbonyl (C=O) groups excluding carboxylic acids is 2. The van der Waals surface area contributed by atoms with Crippen LogP contribution in [-0.4, -0.2) is 51.0 Å². The van der Waals surface area contributed by atoms with E-state index in [2.05, 4.69) is 10.6 Å². The van der Waals surface area contributed by atoms with Crippen molar-refractivity contribution in [1.29, 1.82) is 0 Å². The van der Waals surface area contributed by atoms with Gasteiger partial charge in [-0.25, -0.2) is 13.2 Å². The summed E-state index contributed by atoms with van der Waals surface area (Å²) in [7, 11) is -3.70. The number of carbonyl (C=O) groups is 2. The van der Waals surface area contributed by atoms with Crippen LogP contribution >= 0.6 is 11.3 Å². The zero-order valence-electron chi connectivity index (χ0n) is 16.0. The number of benzene rings is 1. The second-order valence-electron chi connectivity index (χ2n) is 6.39. The van der Waals surface area contributed by atoms with Crippen molar-refractivity contribution in [1.82, 2.24) is 14.9 Å². The summed E-state index contributed by atoms with van der Waals surface area (Å²) in [5.41, 5.74) is 1.28. The molecule has 10 heteroatoms. The van der Waals surface area contributed by atoms with Crippen LogP contribution in [-0.2, 0) is 27.7 Å². The molecule has 1 aromatic carbocycles. The topological polar surface area (TPSA) is 105 Å². The number of fused-ring (bicyclic) bond motifs is 1. The number of nitrogens with one attached hydrogen (secondary N) is 2. The van der Waals surface area contributed by atoms with Crippen molar-refractivity contribution in [2.75, 3.05) is 26.2 Å². The van der Waals surface area contributed by atoms with Crippen LogP contribution in [0.25, 0.3) is 0 Å². The molecule has 0 unspecified atom stereocenters. The second kappa shape index (κ2) is 9.38. The molecule has 0 atom stereocenters. The van der Waals surface area contributed by atoms with Gasteiger partial charge in [0, 0.05) is 36.6 Å². The first-order valence-electron chi connectivity index (χ1n) is 9.26. The maximum absolute atomic E-state index is 13.0. The number of nitrogens with zero attached hydrogens (tertiary/aromatic N) is 1. The van der Waals surface area contributed by atoms with E-state index in [0.29, 0.717) is 19.5 Å². The van der Waals surface area contributed by atoms with Gasteiger partial charge in [-0.05, 0) is 48.6 Å². The van der Waals surface area contributed by atoms with Crippen molar-refractivity contribution in [3.05, 3.63) is 51.7 Å². The highest BCUT2D eigenvalue weighted by atomic mass is 32.2. The van der Waals surface area contributed by atoms with Gasteiger partial charge in [0.15, 0.2) is 0 Å². The highest BCUT2D eigenvalue weighted by Crippen LogP contribution is 2.28. The second-order valence-corrected chi connectivity index (χ2v) is 9.33. The standard InChI is InChI=1S/C19H23N3O5S2/c1-2-27-19(24)21-9-8-20-18(23)14-4-3-5-16(12-14)29(25,26)22-10-6-17-15(13-22)7-11-28-17/h3-5,7,11-12H,2,6,8-10,13H2,1H3,(H,20,23)(H,21,24). The third-order valence-electron chi connectivity index (χ3n) is 4.46. The number of thiophene rings is 1. The van der Waals surface area contributed by atoms with E-state index in [9.17, 15) is 18.0 Å². The molecule has 2 aromatic rings. The minimum absolute atomic E-state index is 0.0912. The van der Waals surface area contributed by atoms with Gasteiger partial charge < -0.3 is 15.4 Å². The lowest BCUT2D eigenvalue weighted by Crippen LogP contribution is -2.36. The molecule has 29 heavy (non-hydrogen) atoms. The summed E-state index contributed by atoms with van der Waals surface area (Å²) in [5.74, 6) is -0.411. The van der Waals surface area contributed by atoms with Crippen LogP contribution in [0.2, 0.25) is 0 Å². The first-order chi connectivity index (χ1) is 13.9. The largest absolute Gasteiger partial charge is 0.450 e. The molecule has 0 bridgehead atoms. The lowest BCUT2D eigenvalue weighted by Gasteiger charge is -2.26. The fourth-order valence-electron chi connectivity index (χ4n) is 3.00. The average molecular weight is 438 g/mol. The normalized spacial score (nSPS) is 14.1. The molecule has 3 rings (SSSR count). The molecule has 0 aliphatic carbocycles. The van der Waals surface area contributed by atoms with E-state index >= 15 is 0 Å². The number of hydrogen-bond donors (Lipinski definition) is 2. The Morgan fingerprint density at radius 2 is 2.00 bits per heavy atom. The average Bonchev–Trinajstić information content (AvgIpc) is 3.19. The number of hydrogen-bond acceptors (Lipinski definition) is 6. The molecule has 2 heterocycles. The van der Waals surface area contributed by atoms with Crippen molar-refractivity contribution in [2.24, 2.45) is 0 Å². The molecule has 0 radical (unpaired) electrons. The number of rotatable bonds is 7. The Bertz CT molecular complexity index is 987. The van der Waals surface area contributed by atoms with Gasteiger partial charge in [0.1, 0.15) is 0 Å². The van der Waals surface area contributed by atoms with Crippen LogP contribution < -0.4 is 10.6 Å². The molecule has 1 aliphatic rings. The van der Waals surface area contributed by atoms with E-state index in [1.807, 2.05) is 11.4 Å². The molecule has 0 spiro atoms. The number of alkyl carbamates (subject to hydrolysis) is 1. The molecule has 0 fully saturated rings. The van der Waals surface area contributed by atoms with Crippen molar-refractivity contribution >= 4 is 33.4 Å². The van der Waals surface area contributed by atoms with Crippen molar-refractivity contribution < 1.29 is 22.7 Å². The summed E-state index contributed by atoms with van der Waals surface area (Å²) < 4.78 is 32.2. The van der Waals surface area contributed by atoms with Gasteiger partial charge in [-0.2, -0.15) is 4.31 Å². The molecular weight excluding hydrogens is 414 g/mol. The third kappa shape index (κ3) is 5.14. The Morgan fingerprint density at radius 3 is 2.79 bits per heavy atom. The van der Waals surface area contributed by atoms with Crippen LogP contribution in [0.4, 0.5) is 4.79 Å². The minimum Gasteiger partial charge on any atom is -0.450 e. The Kier molecular flexibility index (Phi) is 6.88. The van der Waals surface area contributed by atoms with Crippen LogP contribution in [0.3, 0.4) is 0 Å². The zero-order chi connectivity index (χ0) is 20.9. The van der Waals surface area contributed by atoms with Crippen LogP contribution in [0.1, 0.15) is 27.7 Å². The van der Waals surface area contributed by atoms with Crippen molar-refractivity contribution in [2.45, 2.75) is 24.8 Å². The molecule has 1 aliphatic heterocycles. The molecule has 156 valence electrons. The fourth-order valence-corrected chi connectivity index (χ4v) is 5.35. The molecule has 0 saturated heterocycles. The predicted octanol–water partition coefficient (Wildman–Crippen LogP) is 1.97. The molecule has 2 N–H and O–H groups in total. The van der Waals surface area contributed by atoms with Gasteiger partial charge in [-0.1, -0.05) is 6.07 Å². The van der Waals surface area contributed by atoms with E-state index in [-0.39, 0.29) is 30.2 Å². The molecular formula is C19H23N3O5S2. The first-order valence-corrected chi connectivity index (χ1v) is 11.6. The summed E-state index contributed by atoms with van der Waals surface area (Å²) in [6.07, 6.45) is 0.144. The van der Waals surface area contributed by atoms with Crippen LogP contribution in [0.5, 0.6) is 0 Å². The minimum atomic E-state index is -3.70. The Morgan fingerprint density at radius 1 is 1.21 bits per heavy atom. The summed E-state index contributed by atoms with van der Waals surface area (Å²) in [6, 6.07) is 7.94. The molecule has 2 amide bonds. The van der Waals surface area contributed by atoms with Gasteiger partial charge in [-0.3, -0.25) is 4.79 Å². The quantitative estimate of drug-likeness (QED) is 0.645. The van der Waals surface area contributed by atoms with Gasteiger partial charge in [0.25, 0.3) is 5.91 Å². The fraction of sp³-hybridized carbons (Fsp3) is 0.368. The first kappa shape index (κ1) is 21.3. The Hall–Kier alpha value is -2.43. The Balaban J connectivity index is 1.63. The lowest BCUT2D eigenvalue weighted by molar-refractivity contribution is 0.0952. The summed E-state index contributed by atoms with van der Waals surface area (Å²) in [4.78, 5) is 24.9. The summed E-state index contributed by atoms with van der Waals surface area (Å²) in [6.45, 7) is 3.14. The molecule has 0 saturated carbocycles. The summed E-state index contributed by atoms with van der Waals surface area (Å²) >= 11 is 1.65. The SMILES string of the molecule is CCOC(=O)NCCNC(=O)c1cccc(S(=O)(=O)N2CCc3sccc3C2)c1. The Labute approximate surface area is 173 Å².